The minimum absolute atomic E-state index is 0. The highest BCUT2D eigenvalue weighted by molar-refractivity contribution is 6.31. The summed E-state index contributed by atoms with van der Waals surface area (Å²) in [5.74, 6) is 0. The van der Waals surface area contributed by atoms with Gasteiger partial charge in [0.05, 0.1) is 10.6 Å². The Morgan fingerprint density at radius 3 is 2.41 bits per heavy atom. The summed E-state index contributed by atoms with van der Waals surface area (Å²) in [4.78, 5) is 10.6. The van der Waals surface area contributed by atoms with Crippen LogP contribution in [0.5, 0.6) is 0 Å². The fraction of sp³-hybridized carbons (Fsp3) is 0.125. The lowest BCUT2D eigenvalue weighted by Gasteiger charge is -2.11. The minimum Gasteiger partial charge on any atom is -0.306 e. The summed E-state index contributed by atoms with van der Waals surface area (Å²) < 4.78 is 37.2. The Morgan fingerprint density at radius 2 is 1.94 bits per heavy atom. The highest BCUT2D eigenvalue weighted by Crippen LogP contribution is 2.36. The summed E-state index contributed by atoms with van der Waals surface area (Å²) in [5, 5.41) is 9.67. The minimum atomic E-state index is -4.61. The summed E-state index contributed by atoms with van der Waals surface area (Å²) in [6.45, 7) is 0. The van der Waals surface area contributed by atoms with Crippen molar-refractivity contribution in [3.05, 3.63) is 28.8 Å². The Hall–Kier alpha value is -1.18. The predicted octanol–water partition coefficient (Wildman–Crippen LogP) is 3.29. The number of hydrogen-bond donors (Lipinski definition) is 3. The molecule has 1 aromatic carbocycles. The van der Waals surface area contributed by atoms with E-state index in [0.717, 1.165) is 6.07 Å². The van der Waals surface area contributed by atoms with Gasteiger partial charge < -0.3 is 5.32 Å². The number of hydroxylamine groups is 1. The number of urea groups is 1. The van der Waals surface area contributed by atoms with Gasteiger partial charge >= 0.3 is 12.2 Å². The fourth-order valence-corrected chi connectivity index (χ4v) is 1.20. The van der Waals surface area contributed by atoms with E-state index in [4.69, 9.17) is 16.8 Å². The first kappa shape index (κ1) is 15.8. The molecule has 0 heterocycles. The number of nitrogens with one attached hydrogen (secondary N) is 2. The highest BCUT2D eigenvalue weighted by atomic mass is 35.5. The van der Waals surface area contributed by atoms with E-state index in [1.54, 1.807) is 0 Å². The number of anilines is 1. The quantitative estimate of drug-likeness (QED) is 0.549. The van der Waals surface area contributed by atoms with Gasteiger partial charge in [0.25, 0.3) is 0 Å². The van der Waals surface area contributed by atoms with Gasteiger partial charge in [-0.3, -0.25) is 5.21 Å². The molecule has 0 atom stereocenters. The van der Waals surface area contributed by atoms with Crippen LogP contribution in [-0.2, 0) is 6.18 Å². The van der Waals surface area contributed by atoms with Gasteiger partial charge in [-0.25, -0.2) is 10.3 Å². The summed E-state index contributed by atoms with van der Waals surface area (Å²) in [5.41, 5.74) is 0.0212. The number of carbonyl (C=O) groups is 1. The standard InChI is InChI=1S/C8H6ClF3N2O2.ClH/c9-6-2-1-4(13-7(15)14-16)3-5(6)8(10,11)12;/h1-3,16H,(H2,13,14,15);1H. The zero-order chi connectivity index (χ0) is 12.3. The maximum atomic E-state index is 12.4. The van der Waals surface area contributed by atoms with E-state index in [2.05, 4.69) is 0 Å². The third kappa shape index (κ3) is 4.29. The van der Waals surface area contributed by atoms with Crippen molar-refractivity contribution in [1.29, 1.82) is 0 Å². The zero-order valence-electron chi connectivity index (χ0n) is 8.01. The van der Waals surface area contributed by atoms with Crippen LogP contribution in [0.3, 0.4) is 0 Å². The molecule has 3 N–H and O–H groups in total. The van der Waals surface area contributed by atoms with Gasteiger partial charge in [-0.2, -0.15) is 13.2 Å². The van der Waals surface area contributed by atoms with Gasteiger partial charge in [0, 0.05) is 5.69 Å². The van der Waals surface area contributed by atoms with Crippen LogP contribution in [0.2, 0.25) is 5.02 Å². The lowest BCUT2D eigenvalue weighted by atomic mass is 10.2. The molecule has 0 aliphatic rings. The van der Waals surface area contributed by atoms with Crippen LogP contribution >= 0.6 is 24.0 Å². The SMILES string of the molecule is Cl.O=C(NO)Nc1ccc(Cl)c(C(F)(F)F)c1. The average molecular weight is 291 g/mol. The molecule has 4 nitrogen and oxygen atoms in total. The smallest absolute Gasteiger partial charge is 0.306 e. The van der Waals surface area contributed by atoms with E-state index in [9.17, 15) is 18.0 Å². The highest BCUT2D eigenvalue weighted by Gasteiger charge is 2.33. The summed E-state index contributed by atoms with van der Waals surface area (Å²) in [7, 11) is 0. The Morgan fingerprint density at radius 1 is 1.35 bits per heavy atom. The summed E-state index contributed by atoms with van der Waals surface area (Å²) in [6, 6.07) is 1.79. The number of carbonyl (C=O) groups excluding carboxylic acids is 1. The molecule has 0 unspecified atom stereocenters. The first-order valence-electron chi connectivity index (χ1n) is 3.92. The van der Waals surface area contributed by atoms with Crippen molar-refractivity contribution >= 4 is 35.7 Å². The van der Waals surface area contributed by atoms with E-state index in [1.807, 2.05) is 5.32 Å². The largest absolute Gasteiger partial charge is 0.417 e. The zero-order valence-corrected chi connectivity index (χ0v) is 9.58. The number of alkyl halides is 3. The Bertz CT molecular complexity index is 412. The second-order valence-electron chi connectivity index (χ2n) is 2.76. The van der Waals surface area contributed by atoms with Gasteiger partial charge in [-0.15, -0.1) is 12.4 Å². The number of hydrogen-bond acceptors (Lipinski definition) is 2. The van der Waals surface area contributed by atoms with Crippen LogP contribution in [0.1, 0.15) is 5.56 Å². The van der Waals surface area contributed by atoms with E-state index >= 15 is 0 Å². The maximum Gasteiger partial charge on any atom is 0.417 e. The molecule has 1 rings (SSSR count). The topological polar surface area (TPSA) is 61.4 Å². The summed E-state index contributed by atoms with van der Waals surface area (Å²) >= 11 is 5.35. The van der Waals surface area contributed by atoms with E-state index < -0.39 is 22.8 Å². The molecule has 96 valence electrons. The fourth-order valence-electron chi connectivity index (χ4n) is 0.979. The van der Waals surface area contributed by atoms with E-state index in [0.29, 0.717) is 6.07 Å². The second-order valence-corrected chi connectivity index (χ2v) is 3.17. The molecule has 0 aromatic heterocycles. The van der Waals surface area contributed by atoms with Gasteiger partial charge in [-0.05, 0) is 18.2 Å². The molecular weight excluding hydrogens is 284 g/mol. The van der Waals surface area contributed by atoms with Crippen LogP contribution in [0.15, 0.2) is 18.2 Å². The van der Waals surface area contributed by atoms with Gasteiger partial charge in [0.2, 0.25) is 0 Å². The van der Waals surface area contributed by atoms with Crippen LogP contribution in [0.4, 0.5) is 23.7 Å². The number of rotatable bonds is 1. The molecule has 1 aromatic rings. The lowest BCUT2D eigenvalue weighted by molar-refractivity contribution is -0.137. The van der Waals surface area contributed by atoms with E-state index in [-0.39, 0.29) is 18.1 Å². The van der Waals surface area contributed by atoms with Crippen molar-refractivity contribution in [3.8, 4) is 0 Å². The molecule has 0 saturated carbocycles. The number of amides is 2. The molecule has 0 aliphatic heterocycles. The third-order valence-corrected chi connectivity index (χ3v) is 1.96. The van der Waals surface area contributed by atoms with Gasteiger partial charge in [-0.1, -0.05) is 11.6 Å². The lowest BCUT2D eigenvalue weighted by Crippen LogP contribution is -2.25. The molecule has 0 saturated heterocycles. The predicted molar refractivity (Wildman–Crippen MR) is 57.6 cm³/mol. The van der Waals surface area contributed by atoms with Crippen molar-refractivity contribution in [2.24, 2.45) is 0 Å². The Labute approximate surface area is 105 Å². The average Bonchev–Trinajstić information content (AvgIpc) is 2.19. The maximum absolute atomic E-state index is 12.4. The molecule has 0 bridgehead atoms. The van der Waals surface area contributed by atoms with Crippen molar-refractivity contribution in [2.45, 2.75) is 6.18 Å². The van der Waals surface area contributed by atoms with Gasteiger partial charge in [0.15, 0.2) is 0 Å². The van der Waals surface area contributed by atoms with Crippen LogP contribution in [-0.4, -0.2) is 11.2 Å². The van der Waals surface area contributed by atoms with Gasteiger partial charge in [0.1, 0.15) is 0 Å². The van der Waals surface area contributed by atoms with Crippen molar-refractivity contribution in [2.75, 3.05) is 5.32 Å². The molecule has 0 fully saturated rings. The second kappa shape index (κ2) is 5.95. The van der Waals surface area contributed by atoms with Crippen LogP contribution in [0.25, 0.3) is 0 Å². The molecule has 17 heavy (non-hydrogen) atoms. The summed E-state index contributed by atoms with van der Waals surface area (Å²) in [6.07, 6.45) is -4.61. The van der Waals surface area contributed by atoms with Crippen molar-refractivity contribution < 1.29 is 23.2 Å². The van der Waals surface area contributed by atoms with Crippen molar-refractivity contribution in [3.63, 3.8) is 0 Å². The number of halogens is 5. The van der Waals surface area contributed by atoms with Crippen LogP contribution < -0.4 is 10.8 Å². The first-order valence-corrected chi connectivity index (χ1v) is 4.30. The molecule has 2 amide bonds. The number of benzene rings is 1. The Kier molecular flexibility index (Phi) is 5.53. The molecule has 9 heteroatoms. The molecular formula is C8H7Cl2F3N2O2. The van der Waals surface area contributed by atoms with Crippen molar-refractivity contribution in [1.82, 2.24) is 5.48 Å². The first-order chi connectivity index (χ1) is 7.34. The molecule has 0 spiro atoms. The van der Waals surface area contributed by atoms with E-state index in [1.165, 1.54) is 11.5 Å². The third-order valence-electron chi connectivity index (χ3n) is 1.63. The molecule has 0 radical (unpaired) electrons. The molecule has 0 aliphatic carbocycles. The van der Waals surface area contributed by atoms with Crippen LogP contribution in [0, 0.1) is 0 Å². The Balaban J connectivity index is 0.00000256. The monoisotopic (exact) mass is 290 g/mol. The normalized spacial score (nSPS) is 10.4.